The first kappa shape index (κ1) is 23.2. The molecule has 0 unspecified atom stereocenters. The van der Waals surface area contributed by atoms with Crippen molar-refractivity contribution in [3.05, 3.63) is 56.5 Å². The molecule has 2 amide bonds. The number of hydrazine groups is 1. The monoisotopic (exact) mass is 526 g/mol. The zero-order valence-corrected chi connectivity index (χ0v) is 19.7. The quantitative estimate of drug-likeness (QED) is 0.484. The van der Waals surface area contributed by atoms with Crippen LogP contribution in [0, 0.1) is 12.8 Å². The van der Waals surface area contributed by atoms with Gasteiger partial charge in [-0.2, -0.15) is 0 Å². The smallest absolute Gasteiger partial charge is 0.276 e. The average molecular weight is 528 g/mol. The summed E-state index contributed by atoms with van der Waals surface area (Å²) < 4.78 is 12.7. The van der Waals surface area contributed by atoms with Crippen LogP contribution in [0.5, 0.6) is 11.5 Å². The Labute approximate surface area is 187 Å². The number of aryl methyl sites for hydroxylation is 1. The molecule has 6 nitrogen and oxygen atoms in total. The van der Waals surface area contributed by atoms with Gasteiger partial charge in [-0.1, -0.05) is 35.8 Å². The Bertz CT molecular complexity index is 872. The Kier molecular flexibility index (Phi) is 8.98. The van der Waals surface area contributed by atoms with Gasteiger partial charge in [0.15, 0.2) is 6.61 Å². The van der Waals surface area contributed by atoms with E-state index in [4.69, 9.17) is 9.47 Å². The lowest BCUT2D eigenvalue weighted by Gasteiger charge is -2.14. The van der Waals surface area contributed by atoms with Crippen LogP contribution < -0.4 is 20.3 Å². The Hall–Kier alpha value is -2.06. The molecule has 0 heterocycles. The highest BCUT2D eigenvalue weighted by Crippen LogP contribution is 2.26. The fraction of sp³-hybridized carbons (Fsp3) is 0.333. The highest BCUT2D eigenvalue weighted by Gasteiger charge is 2.15. The molecular formula is C21H24Br2N2O4. The van der Waals surface area contributed by atoms with E-state index in [1.54, 1.807) is 24.3 Å². The molecule has 2 rings (SSSR count). The van der Waals surface area contributed by atoms with Crippen LogP contribution in [0.2, 0.25) is 0 Å². The second kappa shape index (κ2) is 11.2. The fourth-order valence-electron chi connectivity index (χ4n) is 2.31. The molecule has 0 saturated heterocycles. The number of hydrogen-bond donors (Lipinski definition) is 2. The van der Waals surface area contributed by atoms with Crippen LogP contribution in [0.3, 0.4) is 0 Å². The van der Waals surface area contributed by atoms with E-state index in [0.29, 0.717) is 29.6 Å². The van der Waals surface area contributed by atoms with Crippen LogP contribution in [0.25, 0.3) is 0 Å². The lowest BCUT2D eigenvalue weighted by molar-refractivity contribution is -0.123. The van der Waals surface area contributed by atoms with Gasteiger partial charge in [-0.15, -0.1) is 0 Å². The maximum atomic E-state index is 12.5. The summed E-state index contributed by atoms with van der Waals surface area (Å²) in [6, 6.07) is 10.7. The van der Waals surface area contributed by atoms with Crippen LogP contribution >= 0.6 is 31.9 Å². The van der Waals surface area contributed by atoms with Crippen molar-refractivity contribution in [2.45, 2.75) is 27.2 Å². The van der Waals surface area contributed by atoms with Gasteiger partial charge < -0.3 is 9.47 Å². The normalized spacial score (nSPS) is 10.6. The standard InChI is InChI=1S/C21H24Br2N2O4/c1-13(2)8-9-28-18-7-5-15(22)11-16(18)21(27)25-24-20(26)12-29-19-6-4-14(3)10-17(19)23/h4-7,10-11,13H,8-9,12H2,1-3H3,(H,24,26)(H,25,27). The first-order chi connectivity index (χ1) is 13.8. The number of benzene rings is 2. The van der Waals surface area contributed by atoms with Gasteiger partial charge in [-0.3, -0.25) is 20.4 Å². The van der Waals surface area contributed by atoms with Crippen LogP contribution in [-0.2, 0) is 4.79 Å². The highest BCUT2D eigenvalue weighted by atomic mass is 79.9. The van der Waals surface area contributed by atoms with Crippen molar-refractivity contribution in [2.24, 2.45) is 5.92 Å². The molecule has 0 atom stereocenters. The number of rotatable bonds is 8. The largest absolute Gasteiger partial charge is 0.493 e. The number of halogens is 2. The molecule has 0 aliphatic rings. The molecule has 0 aliphatic carbocycles. The average Bonchev–Trinajstić information content (AvgIpc) is 2.66. The molecule has 2 aromatic carbocycles. The SMILES string of the molecule is Cc1ccc(OCC(=O)NNC(=O)c2cc(Br)ccc2OCCC(C)C)c(Br)c1. The van der Waals surface area contributed by atoms with E-state index in [-0.39, 0.29) is 6.61 Å². The second-order valence-electron chi connectivity index (χ2n) is 6.90. The first-order valence-corrected chi connectivity index (χ1v) is 10.8. The van der Waals surface area contributed by atoms with Crippen molar-refractivity contribution in [3.8, 4) is 11.5 Å². The molecule has 0 radical (unpaired) electrons. The number of hydrogen-bond acceptors (Lipinski definition) is 4. The predicted octanol–water partition coefficient (Wildman–Crippen LogP) is 4.78. The summed E-state index contributed by atoms with van der Waals surface area (Å²) in [5, 5.41) is 0. The van der Waals surface area contributed by atoms with Crippen molar-refractivity contribution in [2.75, 3.05) is 13.2 Å². The molecule has 2 N–H and O–H groups in total. The predicted molar refractivity (Wildman–Crippen MR) is 119 cm³/mol. The van der Waals surface area contributed by atoms with E-state index >= 15 is 0 Å². The molecule has 8 heteroatoms. The number of carbonyl (C=O) groups excluding carboxylic acids is 2. The Balaban J connectivity index is 1.90. The first-order valence-electron chi connectivity index (χ1n) is 9.16. The summed E-state index contributed by atoms with van der Waals surface area (Å²) >= 11 is 6.74. The van der Waals surface area contributed by atoms with Crippen LogP contribution in [0.4, 0.5) is 0 Å². The number of nitrogens with one attached hydrogen (secondary N) is 2. The Morgan fingerprint density at radius 3 is 2.41 bits per heavy atom. The van der Waals surface area contributed by atoms with E-state index in [1.165, 1.54) is 0 Å². The van der Waals surface area contributed by atoms with Crippen LogP contribution in [0.1, 0.15) is 36.2 Å². The van der Waals surface area contributed by atoms with Gasteiger partial charge >= 0.3 is 0 Å². The third-order valence-corrected chi connectivity index (χ3v) is 5.01. The van der Waals surface area contributed by atoms with Crippen molar-refractivity contribution in [3.63, 3.8) is 0 Å². The zero-order chi connectivity index (χ0) is 21.4. The number of amides is 2. The zero-order valence-electron chi connectivity index (χ0n) is 16.6. The fourth-order valence-corrected chi connectivity index (χ4v) is 3.28. The maximum Gasteiger partial charge on any atom is 0.276 e. The molecule has 0 saturated carbocycles. The molecule has 29 heavy (non-hydrogen) atoms. The molecule has 0 aromatic heterocycles. The van der Waals surface area contributed by atoms with E-state index in [0.717, 1.165) is 20.9 Å². The van der Waals surface area contributed by atoms with Crippen LogP contribution in [-0.4, -0.2) is 25.0 Å². The molecule has 0 aliphatic heterocycles. The van der Waals surface area contributed by atoms with E-state index in [2.05, 4.69) is 56.6 Å². The maximum absolute atomic E-state index is 12.5. The van der Waals surface area contributed by atoms with Gasteiger partial charge in [0.05, 0.1) is 16.6 Å². The van der Waals surface area contributed by atoms with Gasteiger partial charge in [0.1, 0.15) is 11.5 Å². The third kappa shape index (κ3) is 7.70. The summed E-state index contributed by atoms with van der Waals surface area (Å²) in [5.41, 5.74) is 6.14. The topological polar surface area (TPSA) is 76.7 Å². The minimum Gasteiger partial charge on any atom is -0.493 e. The van der Waals surface area contributed by atoms with Crippen LogP contribution in [0.15, 0.2) is 45.3 Å². The lowest BCUT2D eigenvalue weighted by Crippen LogP contribution is -2.44. The van der Waals surface area contributed by atoms with Gasteiger partial charge in [-0.25, -0.2) is 0 Å². The van der Waals surface area contributed by atoms with Gasteiger partial charge in [0.2, 0.25) is 0 Å². The van der Waals surface area contributed by atoms with Gasteiger partial charge in [-0.05, 0) is 71.1 Å². The lowest BCUT2D eigenvalue weighted by atomic mass is 10.1. The molecule has 0 bridgehead atoms. The highest BCUT2D eigenvalue weighted by molar-refractivity contribution is 9.10. The summed E-state index contributed by atoms with van der Waals surface area (Å²) in [6.45, 7) is 6.43. The Morgan fingerprint density at radius 1 is 1.00 bits per heavy atom. The van der Waals surface area contributed by atoms with Gasteiger partial charge in [0, 0.05) is 4.47 Å². The minimum absolute atomic E-state index is 0.238. The summed E-state index contributed by atoms with van der Waals surface area (Å²) in [4.78, 5) is 24.5. The summed E-state index contributed by atoms with van der Waals surface area (Å²) in [7, 11) is 0. The number of carbonyl (C=O) groups is 2. The molecule has 0 spiro atoms. The van der Waals surface area contributed by atoms with Crippen molar-refractivity contribution < 1.29 is 19.1 Å². The Morgan fingerprint density at radius 2 is 1.72 bits per heavy atom. The van der Waals surface area contributed by atoms with Crippen molar-refractivity contribution in [1.29, 1.82) is 0 Å². The molecule has 156 valence electrons. The second-order valence-corrected chi connectivity index (χ2v) is 8.67. The van der Waals surface area contributed by atoms with Crippen molar-refractivity contribution >= 4 is 43.7 Å². The number of ether oxygens (including phenoxy) is 2. The molecular weight excluding hydrogens is 504 g/mol. The van der Waals surface area contributed by atoms with Gasteiger partial charge in [0.25, 0.3) is 11.8 Å². The van der Waals surface area contributed by atoms with E-state index in [1.807, 2.05) is 19.1 Å². The third-order valence-electron chi connectivity index (χ3n) is 3.90. The minimum atomic E-state index is -0.483. The summed E-state index contributed by atoms with van der Waals surface area (Å²) in [6.07, 6.45) is 0.875. The van der Waals surface area contributed by atoms with E-state index in [9.17, 15) is 9.59 Å². The molecule has 0 fully saturated rings. The summed E-state index contributed by atoms with van der Waals surface area (Å²) in [5.74, 6) is 0.541. The van der Waals surface area contributed by atoms with Crippen molar-refractivity contribution in [1.82, 2.24) is 10.9 Å². The van der Waals surface area contributed by atoms with E-state index < -0.39 is 11.8 Å². The molecule has 2 aromatic rings.